The van der Waals surface area contributed by atoms with Gasteiger partial charge in [-0.2, -0.15) is 5.10 Å². The van der Waals surface area contributed by atoms with Gasteiger partial charge < -0.3 is 9.63 Å². The molecule has 2 N–H and O–H groups in total. The van der Waals surface area contributed by atoms with Crippen molar-refractivity contribution >= 4 is 12.1 Å². The molecule has 0 fully saturated rings. The van der Waals surface area contributed by atoms with Crippen LogP contribution in [0.15, 0.2) is 15.7 Å². The molecule has 1 heterocycles. The quantitative estimate of drug-likeness (QED) is 0.497. The van der Waals surface area contributed by atoms with E-state index in [1.807, 2.05) is 0 Å². The van der Waals surface area contributed by atoms with Crippen LogP contribution in [0.25, 0.3) is 0 Å². The molecule has 0 radical (unpaired) electrons. The van der Waals surface area contributed by atoms with Crippen LogP contribution in [-0.4, -0.2) is 29.0 Å². The smallest absolute Gasteiger partial charge is 0.293 e. The van der Waals surface area contributed by atoms with E-state index in [1.54, 1.807) is 6.92 Å². The molecule has 0 aliphatic rings. The van der Waals surface area contributed by atoms with Crippen molar-refractivity contribution in [1.82, 2.24) is 10.6 Å². The Morgan fingerprint density at radius 2 is 2.69 bits per heavy atom. The van der Waals surface area contributed by atoms with Crippen LogP contribution in [0.4, 0.5) is 0 Å². The molecular formula is C7H9N3O3. The zero-order chi connectivity index (χ0) is 9.68. The first-order valence-electron chi connectivity index (χ1n) is 3.60. The Balaban J connectivity index is 2.54. The van der Waals surface area contributed by atoms with Gasteiger partial charge in [-0.3, -0.25) is 4.79 Å². The molecule has 6 heteroatoms. The zero-order valence-corrected chi connectivity index (χ0v) is 7.02. The number of carbonyl (C=O) groups is 1. The summed E-state index contributed by atoms with van der Waals surface area (Å²) in [5.41, 5.74) is 2.32. The number of amides is 1. The van der Waals surface area contributed by atoms with Crippen molar-refractivity contribution in [2.24, 2.45) is 5.10 Å². The Kier molecular flexibility index (Phi) is 3.15. The van der Waals surface area contributed by atoms with Crippen LogP contribution < -0.4 is 5.43 Å². The second kappa shape index (κ2) is 4.36. The van der Waals surface area contributed by atoms with Crippen molar-refractivity contribution in [3.8, 4) is 0 Å². The second-order valence-corrected chi connectivity index (χ2v) is 2.26. The van der Waals surface area contributed by atoms with Crippen molar-refractivity contribution in [2.75, 3.05) is 6.61 Å². The Hall–Kier alpha value is -1.69. The average molecular weight is 183 g/mol. The molecule has 0 atom stereocenters. The van der Waals surface area contributed by atoms with E-state index in [1.165, 1.54) is 6.07 Å². The number of nitrogens with zero attached hydrogens (tertiary/aromatic N) is 2. The molecule has 0 aliphatic carbocycles. The third-order valence-corrected chi connectivity index (χ3v) is 1.20. The lowest BCUT2D eigenvalue weighted by molar-refractivity contribution is 0.0946. The molecule has 1 amide bonds. The molecule has 0 saturated carbocycles. The van der Waals surface area contributed by atoms with E-state index in [9.17, 15) is 4.79 Å². The van der Waals surface area contributed by atoms with Gasteiger partial charge in [0, 0.05) is 6.07 Å². The summed E-state index contributed by atoms with van der Waals surface area (Å²) in [4.78, 5) is 11.1. The van der Waals surface area contributed by atoms with Crippen LogP contribution in [0.2, 0.25) is 0 Å². The zero-order valence-electron chi connectivity index (χ0n) is 7.02. The monoisotopic (exact) mass is 183 g/mol. The summed E-state index contributed by atoms with van der Waals surface area (Å²) >= 11 is 0. The van der Waals surface area contributed by atoms with Gasteiger partial charge in [-0.15, -0.1) is 0 Å². The minimum atomic E-state index is -0.471. The van der Waals surface area contributed by atoms with Gasteiger partial charge in [0.2, 0.25) is 0 Å². The number of nitrogens with one attached hydrogen (secondary N) is 1. The topological polar surface area (TPSA) is 87.7 Å². The number of aliphatic hydroxyl groups is 1. The van der Waals surface area contributed by atoms with E-state index in [0.717, 1.165) is 6.21 Å². The van der Waals surface area contributed by atoms with E-state index in [-0.39, 0.29) is 12.3 Å². The fourth-order valence-electron chi connectivity index (χ4n) is 0.676. The number of hydrazone groups is 1. The predicted molar refractivity (Wildman–Crippen MR) is 44.3 cm³/mol. The molecule has 6 nitrogen and oxygen atoms in total. The molecule has 0 aromatic carbocycles. The summed E-state index contributed by atoms with van der Waals surface area (Å²) in [6, 6.07) is 1.49. The second-order valence-electron chi connectivity index (χ2n) is 2.26. The molecule has 1 rings (SSSR count). The van der Waals surface area contributed by atoms with E-state index < -0.39 is 5.91 Å². The van der Waals surface area contributed by atoms with Crippen LogP contribution in [0.3, 0.4) is 0 Å². The van der Waals surface area contributed by atoms with Crippen LogP contribution >= 0.6 is 0 Å². The number of aryl methyl sites for hydroxylation is 1. The number of rotatable bonds is 3. The number of aromatic nitrogens is 1. The lowest BCUT2D eigenvalue weighted by Gasteiger charge is -1.91. The van der Waals surface area contributed by atoms with Crippen LogP contribution in [0, 0.1) is 6.92 Å². The van der Waals surface area contributed by atoms with Gasteiger partial charge in [0.05, 0.1) is 12.8 Å². The number of carbonyl (C=O) groups excluding carboxylic acids is 1. The predicted octanol–water partition coefficient (Wildman–Crippen LogP) is -0.309. The van der Waals surface area contributed by atoms with Crippen LogP contribution in [0.5, 0.6) is 0 Å². The maximum Gasteiger partial charge on any atom is 0.293 e. The number of hydrogen-bond donors (Lipinski definition) is 2. The lowest BCUT2D eigenvalue weighted by atomic mass is 10.4. The molecule has 0 aliphatic heterocycles. The van der Waals surface area contributed by atoms with Crippen molar-refractivity contribution in [3.05, 3.63) is 17.5 Å². The van der Waals surface area contributed by atoms with Gasteiger partial charge in [-0.05, 0) is 6.92 Å². The SMILES string of the molecule is Cc1cc(C(=O)N/N=C/CO)no1. The highest BCUT2D eigenvalue weighted by molar-refractivity contribution is 5.92. The van der Waals surface area contributed by atoms with E-state index >= 15 is 0 Å². The lowest BCUT2D eigenvalue weighted by Crippen LogP contribution is -2.18. The molecule has 0 saturated heterocycles. The third kappa shape index (κ3) is 2.68. The van der Waals surface area contributed by atoms with E-state index in [2.05, 4.69) is 20.2 Å². The van der Waals surface area contributed by atoms with Gasteiger partial charge in [0.15, 0.2) is 5.69 Å². The first-order chi connectivity index (χ1) is 6.24. The van der Waals surface area contributed by atoms with Crippen LogP contribution in [-0.2, 0) is 0 Å². The van der Waals surface area contributed by atoms with Crippen LogP contribution in [0.1, 0.15) is 16.2 Å². The standard InChI is InChI=1S/C7H9N3O3/c1-5-4-6(10-13-5)7(12)9-8-2-3-11/h2,4,11H,3H2,1H3,(H,9,12)/b8-2+. The summed E-state index contributed by atoms with van der Waals surface area (Å²) in [5, 5.41) is 15.2. The Morgan fingerprint density at radius 1 is 1.92 bits per heavy atom. The third-order valence-electron chi connectivity index (χ3n) is 1.20. The Labute approximate surface area is 74.2 Å². The Morgan fingerprint density at radius 3 is 3.23 bits per heavy atom. The molecule has 13 heavy (non-hydrogen) atoms. The average Bonchev–Trinajstić information content (AvgIpc) is 2.52. The molecule has 1 aromatic rings. The van der Waals surface area contributed by atoms with Crippen molar-refractivity contribution in [1.29, 1.82) is 0 Å². The van der Waals surface area contributed by atoms with E-state index in [4.69, 9.17) is 5.11 Å². The minimum Gasteiger partial charge on any atom is -0.391 e. The fraction of sp³-hybridized carbons (Fsp3) is 0.286. The minimum absolute atomic E-state index is 0.160. The maximum atomic E-state index is 11.1. The first-order valence-corrected chi connectivity index (χ1v) is 3.60. The molecule has 1 aromatic heterocycles. The fourth-order valence-corrected chi connectivity index (χ4v) is 0.676. The summed E-state index contributed by atoms with van der Waals surface area (Å²) in [6.45, 7) is 1.46. The van der Waals surface area contributed by atoms with Gasteiger partial charge in [-0.25, -0.2) is 5.43 Å². The molecule has 0 bridgehead atoms. The highest BCUT2D eigenvalue weighted by Crippen LogP contribution is 2.00. The maximum absolute atomic E-state index is 11.1. The normalized spacial score (nSPS) is 10.6. The molecule has 0 unspecified atom stereocenters. The first kappa shape index (κ1) is 9.40. The van der Waals surface area contributed by atoms with E-state index in [0.29, 0.717) is 5.76 Å². The van der Waals surface area contributed by atoms with Gasteiger partial charge >= 0.3 is 0 Å². The summed E-state index contributed by atoms with van der Waals surface area (Å²) in [7, 11) is 0. The highest BCUT2D eigenvalue weighted by atomic mass is 16.5. The summed E-state index contributed by atoms with van der Waals surface area (Å²) in [5.74, 6) is 0.0813. The summed E-state index contributed by atoms with van der Waals surface area (Å²) < 4.78 is 4.68. The Bertz CT molecular complexity index is 319. The number of hydrogen-bond acceptors (Lipinski definition) is 5. The molecule has 0 spiro atoms. The highest BCUT2D eigenvalue weighted by Gasteiger charge is 2.08. The van der Waals surface area contributed by atoms with Crippen molar-refractivity contribution in [3.63, 3.8) is 0 Å². The van der Waals surface area contributed by atoms with Gasteiger partial charge in [-0.1, -0.05) is 5.16 Å². The molecule has 70 valence electrons. The van der Waals surface area contributed by atoms with Crippen molar-refractivity contribution < 1.29 is 14.4 Å². The largest absolute Gasteiger partial charge is 0.391 e. The molecular weight excluding hydrogens is 174 g/mol. The van der Waals surface area contributed by atoms with Gasteiger partial charge in [0.25, 0.3) is 5.91 Å². The van der Waals surface area contributed by atoms with Gasteiger partial charge in [0.1, 0.15) is 5.76 Å². The number of aliphatic hydroxyl groups excluding tert-OH is 1. The van der Waals surface area contributed by atoms with Crippen molar-refractivity contribution in [2.45, 2.75) is 6.92 Å². The summed E-state index contributed by atoms with van der Waals surface area (Å²) in [6.07, 6.45) is 1.16.